The molecule has 1 aliphatic rings. The van der Waals surface area contributed by atoms with Crippen LogP contribution < -0.4 is 10.6 Å². The Bertz CT molecular complexity index is 1350. The van der Waals surface area contributed by atoms with Gasteiger partial charge in [-0.05, 0) is 61.0 Å². The number of para-hydroxylation sites is 1. The molecule has 5 rings (SSSR count). The first-order valence-electron chi connectivity index (χ1n) is 10.8. The van der Waals surface area contributed by atoms with Gasteiger partial charge in [0.15, 0.2) is 0 Å². The zero-order chi connectivity index (χ0) is 22.8. The third-order valence-electron chi connectivity index (χ3n) is 5.71. The lowest BCUT2D eigenvalue weighted by molar-refractivity contribution is 0.0940. The van der Waals surface area contributed by atoms with Crippen molar-refractivity contribution in [1.82, 2.24) is 5.32 Å². The number of benzene rings is 4. The van der Waals surface area contributed by atoms with Crippen LogP contribution in [0.5, 0.6) is 0 Å². The molecule has 1 unspecified atom stereocenters. The van der Waals surface area contributed by atoms with E-state index in [1.165, 1.54) is 12.1 Å². The number of halogens is 1. The minimum absolute atomic E-state index is 0.127. The van der Waals surface area contributed by atoms with Crippen molar-refractivity contribution in [3.05, 3.63) is 125 Å². The fourth-order valence-electron chi connectivity index (χ4n) is 3.93. The molecule has 0 aromatic heterocycles. The van der Waals surface area contributed by atoms with E-state index in [9.17, 15) is 9.18 Å². The van der Waals surface area contributed by atoms with Crippen LogP contribution in [-0.4, -0.2) is 11.6 Å². The average Bonchev–Trinajstić information content (AvgIpc) is 3.01. The zero-order valence-corrected chi connectivity index (χ0v) is 18.0. The summed E-state index contributed by atoms with van der Waals surface area (Å²) in [5.74, 6) is -0.472. The number of nitrogens with zero attached hydrogens (tertiary/aromatic N) is 1. The quantitative estimate of drug-likeness (QED) is 0.337. The Morgan fingerprint density at radius 2 is 1.61 bits per heavy atom. The molecule has 2 N–H and O–H groups in total. The predicted molar refractivity (Wildman–Crippen MR) is 130 cm³/mol. The Morgan fingerprint density at radius 3 is 2.39 bits per heavy atom. The molecule has 0 saturated carbocycles. The molecule has 0 radical (unpaired) electrons. The van der Waals surface area contributed by atoms with E-state index in [1.807, 2.05) is 67.6 Å². The molecule has 33 heavy (non-hydrogen) atoms. The molecule has 1 aliphatic heterocycles. The highest BCUT2D eigenvalue weighted by molar-refractivity contribution is 6.18. The first kappa shape index (κ1) is 20.6. The molecule has 4 aromatic carbocycles. The van der Waals surface area contributed by atoms with Gasteiger partial charge in [0, 0.05) is 22.4 Å². The Morgan fingerprint density at radius 1 is 0.879 bits per heavy atom. The van der Waals surface area contributed by atoms with E-state index in [2.05, 4.69) is 10.6 Å². The minimum atomic E-state index is -0.300. The summed E-state index contributed by atoms with van der Waals surface area (Å²) in [5.41, 5.74) is 6.31. The van der Waals surface area contributed by atoms with E-state index in [4.69, 9.17) is 4.99 Å². The van der Waals surface area contributed by atoms with Crippen LogP contribution in [-0.2, 0) is 0 Å². The van der Waals surface area contributed by atoms with Gasteiger partial charge < -0.3 is 10.6 Å². The maximum atomic E-state index is 13.5. The topological polar surface area (TPSA) is 53.5 Å². The second-order valence-electron chi connectivity index (χ2n) is 7.98. The molecule has 0 saturated heterocycles. The van der Waals surface area contributed by atoms with Crippen molar-refractivity contribution in [2.75, 3.05) is 5.32 Å². The average molecular weight is 436 g/mol. The third kappa shape index (κ3) is 4.26. The van der Waals surface area contributed by atoms with Gasteiger partial charge in [0.2, 0.25) is 0 Å². The van der Waals surface area contributed by atoms with Crippen molar-refractivity contribution < 1.29 is 9.18 Å². The smallest absolute Gasteiger partial charge is 0.251 e. The molecule has 0 bridgehead atoms. The van der Waals surface area contributed by atoms with Crippen molar-refractivity contribution in [2.45, 2.75) is 13.0 Å². The summed E-state index contributed by atoms with van der Waals surface area (Å²) >= 11 is 0. The van der Waals surface area contributed by atoms with E-state index >= 15 is 0 Å². The summed E-state index contributed by atoms with van der Waals surface area (Å²) in [6.07, 6.45) is 0. The first-order chi connectivity index (χ1) is 16.1. The second kappa shape index (κ2) is 8.71. The van der Waals surface area contributed by atoms with Gasteiger partial charge in [-0.3, -0.25) is 4.79 Å². The first-order valence-corrected chi connectivity index (χ1v) is 10.8. The molecule has 4 aromatic rings. The highest BCUT2D eigenvalue weighted by atomic mass is 19.1. The summed E-state index contributed by atoms with van der Waals surface area (Å²) in [6.45, 7) is 1.96. The highest BCUT2D eigenvalue weighted by Crippen LogP contribution is 2.36. The second-order valence-corrected chi connectivity index (χ2v) is 7.98. The third-order valence-corrected chi connectivity index (χ3v) is 5.71. The molecule has 0 spiro atoms. The van der Waals surface area contributed by atoms with E-state index in [1.54, 1.807) is 24.3 Å². The van der Waals surface area contributed by atoms with E-state index in [-0.39, 0.29) is 17.8 Å². The van der Waals surface area contributed by atoms with Gasteiger partial charge in [-0.15, -0.1) is 0 Å². The normalized spacial score (nSPS) is 13.0. The van der Waals surface area contributed by atoms with E-state index < -0.39 is 0 Å². The summed E-state index contributed by atoms with van der Waals surface area (Å²) in [4.78, 5) is 17.9. The molecule has 0 fully saturated rings. The standard InChI is InChI=1S/C28H22FN3O/c1-18(19-7-3-2-4-8-19)30-28(33)21-13-16-25-26(17-21)32-27(20-11-14-22(29)15-12-20)23-9-5-6-10-24(23)31-25/h2-18,31H,1H3,(H,30,33). The SMILES string of the molecule is CC(NC(=O)c1ccc2c(c1)N=C(c1ccc(F)cc1)c1ccccc1N2)c1ccccc1. The zero-order valence-electron chi connectivity index (χ0n) is 18.0. The van der Waals surface area contributed by atoms with Crippen molar-refractivity contribution in [2.24, 2.45) is 4.99 Å². The minimum Gasteiger partial charge on any atom is -0.353 e. The Balaban J connectivity index is 1.52. The lowest BCUT2D eigenvalue weighted by atomic mass is 10.0. The molecule has 162 valence electrons. The lowest BCUT2D eigenvalue weighted by Gasteiger charge is -2.15. The number of fused-ring (bicyclic) bond motifs is 2. The number of carbonyl (C=O) groups is 1. The molecule has 1 atom stereocenters. The van der Waals surface area contributed by atoms with Crippen molar-refractivity contribution in [3.63, 3.8) is 0 Å². The molecule has 1 amide bonds. The van der Waals surface area contributed by atoms with Crippen LogP contribution in [0.15, 0.2) is 102 Å². The van der Waals surface area contributed by atoms with E-state index in [0.29, 0.717) is 17.0 Å². The number of nitrogens with one attached hydrogen (secondary N) is 2. The van der Waals surface area contributed by atoms with E-state index in [0.717, 1.165) is 28.1 Å². The van der Waals surface area contributed by atoms with Crippen LogP contribution in [0.4, 0.5) is 21.5 Å². The molecule has 1 heterocycles. The number of hydrogen-bond donors (Lipinski definition) is 2. The Kier molecular flexibility index (Phi) is 5.45. The van der Waals surface area contributed by atoms with Gasteiger partial charge >= 0.3 is 0 Å². The predicted octanol–water partition coefficient (Wildman–Crippen LogP) is 6.54. The van der Waals surface area contributed by atoms with Gasteiger partial charge in [0.25, 0.3) is 5.91 Å². The van der Waals surface area contributed by atoms with Crippen LogP contribution in [0.3, 0.4) is 0 Å². The lowest BCUT2D eigenvalue weighted by Crippen LogP contribution is -2.26. The van der Waals surface area contributed by atoms with Gasteiger partial charge in [-0.1, -0.05) is 48.5 Å². The maximum absolute atomic E-state index is 13.5. The maximum Gasteiger partial charge on any atom is 0.251 e. The van der Waals surface area contributed by atoms with Gasteiger partial charge in [0.05, 0.1) is 23.1 Å². The molecule has 5 heteroatoms. The number of carbonyl (C=O) groups excluding carboxylic acids is 1. The summed E-state index contributed by atoms with van der Waals surface area (Å²) in [6, 6.07) is 29.3. The van der Waals surface area contributed by atoms with Crippen LogP contribution in [0.1, 0.15) is 40.0 Å². The number of hydrogen-bond acceptors (Lipinski definition) is 3. The number of anilines is 2. The van der Waals surface area contributed by atoms with Crippen LogP contribution >= 0.6 is 0 Å². The highest BCUT2D eigenvalue weighted by Gasteiger charge is 2.19. The number of amides is 1. The summed E-state index contributed by atoms with van der Waals surface area (Å²) in [5, 5.41) is 6.48. The molecule has 0 aliphatic carbocycles. The summed E-state index contributed by atoms with van der Waals surface area (Å²) < 4.78 is 13.5. The largest absolute Gasteiger partial charge is 0.353 e. The number of rotatable bonds is 4. The van der Waals surface area contributed by atoms with Crippen molar-refractivity contribution in [1.29, 1.82) is 0 Å². The van der Waals surface area contributed by atoms with Crippen molar-refractivity contribution >= 4 is 28.7 Å². The molecule has 4 nitrogen and oxygen atoms in total. The van der Waals surface area contributed by atoms with Crippen molar-refractivity contribution in [3.8, 4) is 0 Å². The van der Waals surface area contributed by atoms with Crippen LogP contribution in [0.2, 0.25) is 0 Å². The fourth-order valence-corrected chi connectivity index (χ4v) is 3.93. The Hall–Kier alpha value is -4.25. The molecular weight excluding hydrogens is 413 g/mol. The van der Waals surface area contributed by atoms with Gasteiger partial charge in [-0.2, -0.15) is 0 Å². The van der Waals surface area contributed by atoms with Gasteiger partial charge in [-0.25, -0.2) is 9.38 Å². The van der Waals surface area contributed by atoms with Crippen LogP contribution in [0.25, 0.3) is 0 Å². The summed E-state index contributed by atoms with van der Waals surface area (Å²) in [7, 11) is 0. The number of aliphatic imine (C=N–C) groups is 1. The van der Waals surface area contributed by atoms with Crippen LogP contribution in [0, 0.1) is 5.82 Å². The molecular formula is C28H22FN3O. The fraction of sp³-hybridized carbons (Fsp3) is 0.0714. The monoisotopic (exact) mass is 435 g/mol. The van der Waals surface area contributed by atoms with Gasteiger partial charge in [0.1, 0.15) is 5.82 Å². The Labute approximate surface area is 191 Å².